The van der Waals surface area contributed by atoms with Gasteiger partial charge in [-0.15, -0.1) is 0 Å². The summed E-state index contributed by atoms with van der Waals surface area (Å²) in [5, 5.41) is 0. The molecule has 2 aromatic carbocycles. The first-order valence-corrected chi connectivity index (χ1v) is 21.2. The maximum Gasteiger partial charge on any atom is 0.305 e. The molecule has 0 saturated carbocycles. The normalized spacial score (nSPS) is 27.9. The number of ketones is 2. The molecule has 2 fully saturated rings. The summed E-state index contributed by atoms with van der Waals surface area (Å²) < 4.78 is 48.6. The van der Waals surface area contributed by atoms with Gasteiger partial charge >= 0.3 is 17.9 Å². The van der Waals surface area contributed by atoms with Gasteiger partial charge in [0.1, 0.15) is 24.1 Å². The molecule has 2 saturated heterocycles. The summed E-state index contributed by atoms with van der Waals surface area (Å²) in [5.41, 5.74) is 0.761. The second-order valence-electron chi connectivity index (χ2n) is 17.0. The van der Waals surface area contributed by atoms with Crippen molar-refractivity contribution in [3.05, 3.63) is 71.8 Å². The van der Waals surface area contributed by atoms with Crippen molar-refractivity contribution in [1.82, 2.24) is 0 Å². The fraction of sp³-hybridized carbons (Fsp3) is 0.638. The van der Waals surface area contributed by atoms with Crippen LogP contribution in [0.1, 0.15) is 106 Å². The van der Waals surface area contributed by atoms with Crippen LogP contribution in [0.5, 0.6) is 0 Å². The van der Waals surface area contributed by atoms with E-state index in [1.807, 2.05) is 88.4 Å². The van der Waals surface area contributed by atoms with Gasteiger partial charge in [0.2, 0.25) is 5.78 Å². The summed E-state index contributed by atoms with van der Waals surface area (Å²) in [6.07, 6.45) is -3.35. The van der Waals surface area contributed by atoms with E-state index in [0.29, 0.717) is 19.4 Å². The molecule has 0 N–H and O–H groups in total. The van der Waals surface area contributed by atoms with Gasteiger partial charge in [-0.1, -0.05) is 102 Å². The minimum Gasteiger partial charge on any atom is -0.462 e. The van der Waals surface area contributed by atoms with Crippen molar-refractivity contribution in [3.63, 3.8) is 0 Å². The van der Waals surface area contributed by atoms with Gasteiger partial charge in [0.25, 0.3) is 5.79 Å². The highest BCUT2D eigenvalue weighted by atomic mass is 16.7. The Balaban J connectivity index is 1.57. The molecule has 11 atom stereocenters. The number of esters is 3. The standard InChI is InChI=1S/C47H66O13/c1-11-38(56-32(5)48)29(2)42-30(3)39(57-33(6)49)25-47(60-42,59-34(7)50)45(52)46(8,9)24-18-23-37(51)41-31(4)44(53-10)58-40(28-54-26-35-19-14-12-15-20-35)43(41)55-27-36-21-16-13-17-22-36/h12-17,19-22,29-31,38-44H,11,18,23-28H2,1-10H3/t29?,30-,31?,38?,39-,40?,41+,42?,43+,44-,47-/m1/s1. The van der Waals surface area contributed by atoms with E-state index in [-0.39, 0.29) is 44.2 Å². The van der Waals surface area contributed by atoms with Crippen LogP contribution in [-0.2, 0) is 75.1 Å². The van der Waals surface area contributed by atoms with Gasteiger partial charge in [-0.25, -0.2) is 0 Å². The van der Waals surface area contributed by atoms with Crippen LogP contribution in [-0.4, -0.2) is 85.8 Å². The quantitative estimate of drug-likeness (QED) is 0.0909. The van der Waals surface area contributed by atoms with Gasteiger partial charge in [-0.05, 0) is 30.4 Å². The molecular formula is C47H66O13. The number of hydrogen-bond donors (Lipinski definition) is 0. The van der Waals surface area contributed by atoms with Gasteiger partial charge in [-0.2, -0.15) is 0 Å². The van der Waals surface area contributed by atoms with E-state index in [2.05, 4.69) is 0 Å². The molecule has 4 rings (SSSR count). The fourth-order valence-electron chi connectivity index (χ4n) is 8.76. The highest BCUT2D eigenvalue weighted by Gasteiger charge is 2.59. The average Bonchev–Trinajstić information content (AvgIpc) is 3.20. The van der Waals surface area contributed by atoms with E-state index in [1.54, 1.807) is 21.0 Å². The summed E-state index contributed by atoms with van der Waals surface area (Å²) >= 11 is 0. The molecule has 13 heteroatoms. The molecule has 0 amide bonds. The molecule has 2 aliphatic rings. The van der Waals surface area contributed by atoms with Crippen LogP contribution >= 0.6 is 0 Å². The maximum absolute atomic E-state index is 14.8. The lowest BCUT2D eigenvalue weighted by atomic mass is 9.73. The Morgan fingerprint density at radius 3 is 2.03 bits per heavy atom. The zero-order valence-corrected chi connectivity index (χ0v) is 37.0. The Labute approximate surface area is 355 Å². The lowest BCUT2D eigenvalue weighted by molar-refractivity contribution is -0.296. The average molecular weight is 839 g/mol. The van der Waals surface area contributed by atoms with E-state index >= 15 is 0 Å². The Hall–Kier alpha value is -4.01. The van der Waals surface area contributed by atoms with Crippen LogP contribution in [0.15, 0.2) is 60.7 Å². The van der Waals surface area contributed by atoms with Crippen LogP contribution in [0.3, 0.4) is 0 Å². The van der Waals surface area contributed by atoms with E-state index in [0.717, 1.165) is 11.1 Å². The highest BCUT2D eigenvalue weighted by Crippen LogP contribution is 2.45. The molecule has 2 aromatic rings. The van der Waals surface area contributed by atoms with Gasteiger partial charge < -0.3 is 37.9 Å². The van der Waals surface area contributed by atoms with E-state index in [9.17, 15) is 24.0 Å². The Morgan fingerprint density at radius 2 is 1.48 bits per heavy atom. The fourth-order valence-corrected chi connectivity index (χ4v) is 8.76. The van der Waals surface area contributed by atoms with Crippen LogP contribution in [0, 0.1) is 29.1 Å². The predicted octanol–water partition coefficient (Wildman–Crippen LogP) is 7.34. The third kappa shape index (κ3) is 12.8. The Morgan fingerprint density at radius 1 is 0.867 bits per heavy atom. The monoisotopic (exact) mass is 838 g/mol. The van der Waals surface area contributed by atoms with Crippen LogP contribution < -0.4 is 0 Å². The summed E-state index contributed by atoms with van der Waals surface area (Å²) in [7, 11) is 1.55. The van der Waals surface area contributed by atoms with E-state index in [4.69, 9.17) is 37.9 Å². The van der Waals surface area contributed by atoms with Crippen molar-refractivity contribution in [1.29, 1.82) is 0 Å². The van der Waals surface area contributed by atoms with E-state index < -0.39 is 89.5 Å². The molecule has 5 unspecified atom stereocenters. The van der Waals surface area contributed by atoms with Crippen molar-refractivity contribution in [2.75, 3.05) is 13.7 Å². The minimum atomic E-state index is -2.12. The molecule has 0 spiro atoms. The molecule has 332 valence electrons. The topological polar surface area (TPSA) is 159 Å². The molecular weight excluding hydrogens is 773 g/mol. The zero-order valence-electron chi connectivity index (χ0n) is 37.0. The smallest absolute Gasteiger partial charge is 0.305 e. The number of hydrogen-bond acceptors (Lipinski definition) is 13. The molecule has 0 aromatic heterocycles. The van der Waals surface area contributed by atoms with Crippen molar-refractivity contribution in [2.24, 2.45) is 29.1 Å². The molecule has 0 aliphatic carbocycles. The SMILES string of the molecule is CCC(OC(C)=O)C(C)C1O[C@@](OC(C)=O)(C(=O)C(C)(C)CCCC(=O)[C@@H]2C(C)[C@H](OC)OC(COCc3ccccc3)[C@@H]2OCc2ccccc2)C[C@@H](OC(C)=O)[C@H]1C. The van der Waals surface area contributed by atoms with Crippen molar-refractivity contribution >= 4 is 29.5 Å². The predicted molar refractivity (Wildman–Crippen MR) is 221 cm³/mol. The van der Waals surface area contributed by atoms with Gasteiger partial charge in [0.05, 0.1) is 44.4 Å². The van der Waals surface area contributed by atoms with Crippen LogP contribution in [0.25, 0.3) is 0 Å². The molecule has 0 bridgehead atoms. The number of carbonyl (C=O) groups excluding carboxylic acids is 5. The van der Waals surface area contributed by atoms with Crippen molar-refractivity contribution in [3.8, 4) is 0 Å². The number of rotatable bonds is 21. The first kappa shape index (κ1) is 48.7. The number of ether oxygens (including phenoxy) is 8. The van der Waals surface area contributed by atoms with Gasteiger partial charge in [-0.3, -0.25) is 24.0 Å². The molecule has 2 heterocycles. The highest BCUT2D eigenvalue weighted by molar-refractivity contribution is 5.92. The first-order chi connectivity index (χ1) is 28.4. The van der Waals surface area contributed by atoms with Crippen LogP contribution in [0.4, 0.5) is 0 Å². The van der Waals surface area contributed by atoms with Gasteiger partial charge in [0, 0.05) is 57.5 Å². The first-order valence-electron chi connectivity index (χ1n) is 21.2. The molecule has 13 nitrogen and oxygen atoms in total. The third-order valence-electron chi connectivity index (χ3n) is 11.8. The number of carbonyl (C=O) groups is 5. The zero-order chi connectivity index (χ0) is 44.2. The van der Waals surface area contributed by atoms with Crippen molar-refractivity contribution in [2.45, 2.75) is 150 Å². The maximum atomic E-state index is 14.8. The summed E-state index contributed by atoms with van der Waals surface area (Å²) in [6.45, 7) is 15.4. The molecule has 2 aliphatic heterocycles. The lowest BCUT2D eigenvalue weighted by Gasteiger charge is -2.49. The minimum absolute atomic E-state index is 0.0699. The molecule has 60 heavy (non-hydrogen) atoms. The third-order valence-corrected chi connectivity index (χ3v) is 11.8. The second kappa shape index (κ2) is 22.2. The Bertz CT molecular complexity index is 1710. The van der Waals surface area contributed by atoms with Crippen LogP contribution in [0.2, 0.25) is 0 Å². The number of methoxy groups -OCH3 is 1. The second-order valence-corrected chi connectivity index (χ2v) is 17.0. The molecule has 0 radical (unpaired) electrons. The Kier molecular flexibility index (Phi) is 18.0. The van der Waals surface area contributed by atoms with Gasteiger partial charge in [0.15, 0.2) is 6.29 Å². The lowest BCUT2D eigenvalue weighted by Crippen LogP contribution is -2.62. The summed E-state index contributed by atoms with van der Waals surface area (Å²) in [6, 6.07) is 19.5. The number of Topliss-reactive ketones (excluding diaryl/α,β-unsaturated/α-hetero) is 2. The van der Waals surface area contributed by atoms with Crippen molar-refractivity contribution < 1.29 is 61.9 Å². The summed E-state index contributed by atoms with van der Waals surface area (Å²) in [4.78, 5) is 66.4. The summed E-state index contributed by atoms with van der Waals surface area (Å²) in [5.74, 6) is -6.43. The number of benzene rings is 2. The van der Waals surface area contributed by atoms with E-state index in [1.165, 1.54) is 20.8 Å². The largest absolute Gasteiger partial charge is 0.462 e.